The standard InChI is InChI=1S/C18H15F4N5OS2/c19-17(20)9-16(18(17,21)22)5-6-27(10-16)14(28)24-13-25-26-15(30-13)29-8-12-3-1-11(7-23)2-4-12/h1-4H,5-6,8-10H2,(H,24,25,28). The zero-order valence-electron chi connectivity index (χ0n) is 15.4. The van der Waals surface area contributed by atoms with Gasteiger partial charge in [0.15, 0.2) is 4.34 Å². The molecule has 2 aromatic rings. The number of urea groups is 1. The van der Waals surface area contributed by atoms with Gasteiger partial charge in [-0.3, -0.25) is 5.32 Å². The lowest BCUT2D eigenvalue weighted by atomic mass is 9.62. The topological polar surface area (TPSA) is 81.9 Å². The highest BCUT2D eigenvalue weighted by Gasteiger charge is 2.81. The summed E-state index contributed by atoms with van der Waals surface area (Å²) < 4.78 is 54.8. The van der Waals surface area contributed by atoms with Gasteiger partial charge in [-0.2, -0.15) is 22.8 Å². The highest BCUT2D eigenvalue weighted by Crippen LogP contribution is 2.66. The Morgan fingerprint density at radius 3 is 2.63 bits per heavy atom. The van der Waals surface area contributed by atoms with Crippen molar-refractivity contribution in [2.45, 2.75) is 34.8 Å². The number of carbonyl (C=O) groups excluding carboxylic acids is 1. The van der Waals surface area contributed by atoms with Crippen molar-refractivity contribution in [3.05, 3.63) is 35.4 Å². The van der Waals surface area contributed by atoms with Crippen molar-refractivity contribution in [3.63, 3.8) is 0 Å². The maximum Gasteiger partial charge on any atom is 0.323 e. The first kappa shape index (κ1) is 20.9. The Morgan fingerprint density at radius 1 is 1.27 bits per heavy atom. The average molecular weight is 457 g/mol. The minimum atomic E-state index is -4.10. The van der Waals surface area contributed by atoms with E-state index in [0.29, 0.717) is 15.7 Å². The number of hydrogen-bond donors (Lipinski definition) is 1. The molecule has 2 aliphatic rings. The van der Waals surface area contributed by atoms with E-state index in [1.54, 1.807) is 12.1 Å². The summed E-state index contributed by atoms with van der Waals surface area (Å²) in [5.41, 5.74) is -0.297. The molecule has 1 spiro atoms. The molecule has 1 N–H and O–H groups in total. The highest BCUT2D eigenvalue weighted by atomic mass is 32.2. The van der Waals surface area contributed by atoms with E-state index in [1.807, 2.05) is 18.2 Å². The number of nitrogens with zero attached hydrogens (tertiary/aromatic N) is 4. The number of carbonyl (C=O) groups is 1. The van der Waals surface area contributed by atoms with Crippen molar-refractivity contribution in [1.82, 2.24) is 15.1 Å². The summed E-state index contributed by atoms with van der Waals surface area (Å²) in [7, 11) is 0. The van der Waals surface area contributed by atoms with E-state index in [1.165, 1.54) is 11.8 Å². The van der Waals surface area contributed by atoms with Crippen LogP contribution in [-0.4, -0.2) is 46.1 Å². The van der Waals surface area contributed by atoms with Gasteiger partial charge in [0, 0.05) is 25.3 Å². The summed E-state index contributed by atoms with van der Waals surface area (Å²) in [5, 5.41) is 19.3. The maximum absolute atomic E-state index is 13.9. The number of aromatic nitrogens is 2. The van der Waals surface area contributed by atoms with Crippen molar-refractivity contribution in [2.75, 3.05) is 18.4 Å². The van der Waals surface area contributed by atoms with Crippen LogP contribution in [0.5, 0.6) is 0 Å². The molecule has 1 aromatic carbocycles. The normalized spacial score (nSPS) is 23.8. The SMILES string of the molecule is N#Cc1ccc(CSc2nnc(NC(=O)N3CCC4(C3)CC(F)(F)C4(F)F)s2)cc1. The Labute approximate surface area is 177 Å². The van der Waals surface area contributed by atoms with Crippen LogP contribution in [0.15, 0.2) is 28.6 Å². The van der Waals surface area contributed by atoms with Gasteiger partial charge < -0.3 is 4.90 Å². The van der Waals surface area contributed by atoms with E-state index in [4.69, 9.17) is 5.26 Å². The number of anilines is 1. The van der Waals surface area contributed by atoms with Crippen molar-refractivity contribution >= 4 is 34.3 Å². The molecule has 1 saturated heterocycles. The van der Waals surface area contributed by atoms with Gasteiger partial charge in [-0.25, -0.2) is 4.79 Å². The second-order valence-corrected chi connectivity index (χ2v) is 9.51. The van der Waals surface area contributed by atoms with E-state index in [9.17, 15) is 22.4 Å². The minimum Gasteiger partial charge on any atom is -0.324 e. The van der Waals surface area contributed by atoms with Crippen LogP contribution in [0.1, 0.15) is 24.0 Å². The summed E-state index contributed by atoms with van der Waals surface area (Å²) in [6, 6.07) is 8.48. The molecule has 1 aromatic heterocycles. The van der Waals surface area contributed by atoms with Gasteiger partial charge in [-0.15, -0.1) is 10.2 Å². The third-order valence-corrected chi connectivity index (χ3v) is 7.44. The highest BCUT2D eigenvalue weighted by molar-refractivity contribution is 8.00. The molecule has 0 radical (unpaired) electrons. The first-order valence-corrected chi connectivity index (χ1v) is 10.7. The van der Waals surface area contributed by atoms with Gasteiger partial charge in [-0.05, 0) is 24.1 Å². The number of thioether (sulfide) groups is 1. The summed E-state index contributed by atoms with van der Waals surface area (Å²) in [5.74, 6) is -7.53. The molecule has 2 amide bonds. The van der Waals surface area contributed by atoms with Crippen LogP contribution in [0.3, 0.4) is 0 Å². The Hall–Kier alpha value is -2.39. The fourth-order valence-electron chi connectivity index (χ4n) is 3.68. The van der Waals surface area contributed by atoms with Crippen LogP contribution < -0.4 is 5.32 Å². The molecule has 0 bridgehead atoms. The fraction of sp³-hybridized carbons (Fsp3) is 0.444. The lowest BCUT2D eigenvalue weighted by Crippen LogP contribution is -2.67. The summed E-state index contributed by atoms with van der Waals surface area (Å²) in [4.78, 5) is 13.5. The number of likely N-dealkylation sites (tertiary alicyclic amines) is 1. The summed E-state index contributed by atoms with van der Waals surface area (Å²) in [6.45, 7) is -0.433. The minimum absolute atomic E-state index is 0.0173. The molecule has 12 heteroatoms. The first-order chi connectivity index (χ1) is 14.2. The zero-order chi connectivity index (χ0) is 21.6. The second kappa shape index (κ2) is 7.39. The molecule has 2 heterocycles. The van der Waals surface area contributed by atoms with Crippen LogP contribution >= 0.6 is 23.1 Å². The molecule has 1 saturated carbocycles. The smallest absolute Gasteiger partial charge is 0.323 e. The summed E-state index contributed by atoms with van der Waals surface area (Å²) >= 11 is 2.52. The molecule has 1 aliphatic carbocycles. The van der Waals surface area contributed by atoms with Crippen LogP contribution in [0.2, 0.25) is 0 Å². The van der Waals surface area contributed by atoms with Gasteiger partial charge in [0.25, 0.3) is 0 Å². The van der Waals surface area contributed by atoms with Crippen LogP contribution in [0, 0.1) is 16.7 Å². The lowest BCUT2D eigenvalue weighted by molar-refractivity contribution is -0.353. The van der Waals surface area contributed by atoms with Crippen molar-refractivity contribution in [1.29, 1.82) is 5.26 Å². The molecule has 4 rings (SSSR count). The number of nitriles is 1. The predicted octanol–water partition coefficient (Wildman–Crippen LogP) is 4.60. The number of hydrogen-bond acceptors (Lipinski definition) is 6. The molecular formula is C18H15F4N5OS2. The van der Waals surface area contributed by atoms with Crippen molar-refractivity contribution < 1.29 is 22.4 Å². The number of rotatable bonds is 4. The Bertz CT molecular complexity index is 1010. The van der Waals surface area contributed by atoms with Crippen LogP contribution in [0.25, 0.3) is 0 Å². The quantitative estimate of drug-likeness (QED) is 0.412. The Balaban J connectivity index is 1.31. The average Bonchev–Trinajstić information content (AvgIpc) is 3.35. The molecular weight excluding hydrogens is 442 g/mol. The van der Waals surface area contributed by atoms with Gasteiger partial charge in [0.05, 0.1) is 17.0 Å². The van der Waals surface area contributed by atoms with Crippen LogP contribution in [0.4, 0.5) is 27.5 Å². The van der Waals surface area contributed by atoms with E-state index in [-0.39, 0.29) is 18.1 Å². The third-order valence-electron chi connectivity index (χ3n) is 5.39. The van der Waals surface area contributed by atoms with Gasteiger partial charge >= 0.3 is 17.9 Å². The fourth-order valence-corrected chi connectivity index (χ4v) is 5.38. The Kier molecular flexibility index (Phi) is 5.14. The van der Waals surface area contributed by atoms with Crippen molar-refractivity contribution in [2.24, 2.45) is 5.41 Å². The Morgan fingerprint density at radius 2 is 2.00 bits per heavy atom. The third kappa shape index (κ3) is 3.50. The summed E-state index contributed by atoms with van der Waals surface area (Å²) in [6.07, 6.45) is -1.07. The van der Waals surface area contributed by atoms with Crippen LogP contribution in [-0.2, 0) is 5.75 Å². The maximum atomic E-state index is 13.9. The lowest BCUT2D eigenvalue weighted by Gasteiger charge is -2.51. The molecule has 158 valence electrons. The molecule has 30 heavy (non-hydrogen) atoms. The molecule has 6 nitrogen and oxygen atoms in total. The van der Waals surface area contributed by atoms with E-state index < -0.39 is 36.3 Å². The molecule has 2 fully saturated rings. The first-order valence-electron chi connectivity index (χ1n) is 8.93. The molecule has 1 unspecified atom stereocenters. The monoisotopic (exact) mass is 457 g/mol. The van der Waals surface area contributed by atoms with E-state index in [0.717, 1.165) is 21.8 Å². The number of alkyl halides is 4. The van der Waals surface area contributed by atoms with Crippen molar-refractivity contribution in [3.8, 4) is 6.07 Å². The van der Waals surface area contributed by atoms with Gasteiger partial charge in [0.1, 0.15) is 0 Å². The number of nitrogens with one attached hydrogen (secondary N) is 1. The van der Waals surface area contributed by atoms with Gasteiger partial charge in [-0.1, -0.05) is 35.2 Å². The molecule has 1 atom stereocenters. The molecule has 1 aliphatic heterocycles. The van der Waals surface area contributed by atoms with E-state index >= 15 is 0 Å². The predicted molar refractivity (Wildman–Crippen MR) is 103 cm³/mol. The second-order valence-electron chi connectivity index (χ2n) is 7.31. The largest absolute Gasteiger partial charge is 0.324 e. The number of halogens is 4. The van der Waals surface area contributed by atoms with E-state index in [2.05, 4.69) is 15.5 Å². The number of benzene rings is 1. The number of amides is 2. The van der Waals surface area contributed by atoms with Gasteiger partial charge in [0.2, 0.25) is 5.13 Å². The zero-order valence-corrected chi connectivity index (χ0v) is 17.0.